The van der Waals surface area contributed by atoms with Gasteiger partial charge in [-0.1, -0.05) is 35.9 Å². The van der Waals surface area contributed by atoms with Gasteiger partial charge in [0.2, 0.25) is 5.91 Å². The molecule has 2 aromatic rings. The van der Waals surface area contributed by atoms with Crippen LogP contribution in [0.3, 0.4) is 0 Å². The number of hydrogen-bond acceptors (Lipinski definition) is 2. The first-order chi connectivity index (χ1) is 11.1. The van der Waals surface area contributed by atoms with Gasteiger partial charge in [-0.15, -0.1) is 0 Å². The molecule has 0 aromatic heterocycles. The van der Waals surface area contributed by atoms with E-state index in [-0.39, 0.29) is 18.2 Å². The Morgan fingerprint density at radius 2 is 1.87 bits per heavy atom. The predicted molar refractivity (Wildman–Crippen MR) is 90.7 cm³/mol. The molecule has 118 valence electrons. The highest BCUT2D eigenvalue weighted by Crippen LogP contribution is 2.20. The summed E-state index contributed by atoms with van der Waals surface area (Å²) in [6.07, 6.45) is 2.28. The summed E-state index contributed by atoms with van der Waals surface area (Å²) >= 11 is 6.06. The summed E-state index contributed by atoms with van der Waals surface area (Å²) in [7, 11) is 0. The van der Waals surface area contributed by atoms with Crippen LogP contribution in [-0.4, -0.2) is 17.9 Å². The second kappa shape index (κ2) is 6.84. The van der Waals surface area contributed by atoms with Crippen molar-refractivity contribution in [1.82, 2.24) is 5.32 Å². The van der Waals surface area contributed by atoms with Crippen LogP contribution in [0.1, 0.15) is 28.8 Å². The van der Waals surface area contributed by atoms with E-state index in [1.54, 1.807) is 30.3 Å². The summed E-state index contributed by atoms with van der Waals surface area (Å²) in [4.78, 5) is 24.2. The zero-order valence-corrected chi connectivity index (χ0v) is 13.3. The highest BCUT2D eigenvalue weighted by atomic mass is 35.5. The largest absolute Gasteiger partial charge is 0.349 e. The fraction of sp³-hybridized carbons (Fsp3) is 0.222. The van der Waals surface area contributed by atoms with Crippen LogP contribution in [0.5, 0.6) is 0 Å². The van der Waals surface area contributed by atoms with Crippen LogP contribution < -0.4 is 10.6 Å². The summed E-state index contributed by atoms with van der Waals surface area (Å²) in [5, 5.41) is 6.30. The van der Waals surface area contributed by atoms with E-state index in [1.807, 2.05) is 18.2 Å². The van der Waals surface area contributed by atoms with Crippen LogP contribution in [0.25, 0.3) is 0 Å². The Bertz CT molecular complexity index is 741. The van der Waals surface area contributed by atoms with Crippen LogP contribution in [0.15, 0.2) is 48.5 Å². The fourth-order valence-electron chi connectivity index (χ4n) is 2.25. The SMILES string of the molecule is O=C(Cc1ccccc1Cl)Nc1cccc(C(=O)NC2CC2)c1. The van der Waals surface area contributed by atoms with Crippen molar-refractivity contribution >= 4 is 29.1 Å². The van der Waals surface area contributed by atoms with Gasteiger partial charge in [-0.05, 0) is 42.7 Å². The lowest BCUT2D eigenvalue weighted by Gasteiger charge is -2.08. The standard InChI is InChI=1S/C18H17ClN2O2/c19-16-7-2-1-4-12(16)11-17(22)20-15-6-3-5-13(10-15)18(23)21-14-8-9-14/h1-7,10,14H,8-9,11H2,(H,20,22)(H,21,23). The van der Waals surface area contributed by atoms with Gasteiger partial charge in [0.05, 0.1) is 6.42 Å². The van der Waals surface area contributed by atoms with E-state index < -0.39 is 0 Å². The average Bonchev–Trinajstić information content (AvgIpc) is 3.34. The molecule has 5 heteroatoms. The predicted octanol–water partition coefficient (Wildman–Crippen LogP) is 3.41. The van der Waals surface area contributed by atoms with Crippen LogP contribution in [0.2, 0.25) is 5.02 Å². The lowest BCUT2D eigenvalue weighted by Crippen LogP contribution is -2.25. The number of amides is 2. The lowest BCUT2D eigenvalue weighted by molar-refractivity contribution is -0.115. The summed E-state index contributed by atoms with van der Waals surface area (Å²) < 4.78 is 0. The minimum Gasteiger partial charge on any atom is -0.349 e. The van der Waals surface area contributed by atoms with Crippen molar-refractivity contribution in [3.8, 4) is 0 Å². The summed E-state index contributed by atoms with van der Waals surface area (Å²) in [6.45, 7) is 0. The van der Waals surface area contributed by atoms with Crippen molar-refractivity contribution in [3.63, 3.8) is 0 Å². The Morgan fingerprint density at radius 1 is 1.09 bits per heavy atom. The van der Waals surface area contributed by atoms with Crippen LogP contribution in [-0.2, 0) is 11.2 Å². The van der Waals surface area contributed by atoms with Gasteiger partial charge in [0.15, 0.2) is 0 Å². The topological polar surface area (TPSA) is 58.2 Å². The second-order valence-electron chi connectivity index (χ2n) is 5.64. The number of carbonyl (C=O) groups is 2. The lowest BCUT2D eigenvalue weighted by atomic mass is 10.1. The Morgan fingerprint density at radius 3 is 2.61 bits per heavy atom. The molecule has 23 heavy (non-hydrogen) atoms. The van der Waals surface area contributed by atoms with Crippen LogP contribution in [0, 0.1) is 0 Å². The maximum atomic E-state index is 12.1. The Hall–Kier alpha value is -2.33. The Labute approximate surface area is 139 Å². The highest BCUT2D eigenvalue weighted by Gasteiger charge is 2.23. The normalized spacial score (nSPS) is 13.4. The molecule has 1 aliphatic carbocycles. The first-order valence-electron chi connectivity index (χ1n) is 7.56. The first-order valence-corrected chi connectivity index (χ1v) is 7.94. The summed E-state index contributed by atoms with van der Waals surface area (Å²) in [5.74, 6) is -0.271. The van der Waals surface area contributed by atoms with Crippen molar-refractivity contribution in [2.75, 3.05) is 5.32 Å². The maximum Gasteiger partial charge on any atom is 0.251 e. The molecule has 1 saturated carbocycles. The van der Waals surface area contributed by atoms with Gasteiger partial charge in [-0.3, -0.25) is 9.59 Å². The third-order valence-corrected chi connectivity index (χ3v) is 4.00. The Kier molecular flexibility index (Phi) is 4.63. The molecule has 2 amide bonds. The molecule has 4 nitrogen and oxygen atoms in total. The van der Waals surface area contributed by atoms with Gasteiger partial charge in [0, 0.05) is 22.3 Å². The van der Waals surface area contributed by atoms with Crippen molar-refractivity contribution in [3.05, 3.63) is 64.7 Å². The number of nitrogens with one attached hydrogen (secondary N) is 2. The number of rotatable bonds is 5. The minimum atomic E-state index is -0.169. The van der Waals surface area contributed by atoms with E-state index in [9.17, 15) is 9.59 Å². The van der Waals surface area contributed by atoms with Gasteiger partial charge in [-0.2, -0.15) is 0 Å². The molecule has 1 fully saturated rings. The van der Waals surface area contributed by atoms with E-state index in [1.165, 1.54) is 0 Å². The third kappa shape index (κ3) is 4.33. The van der Waals surface area contributed by atoms with Gasteiger partial charge >= 0.3 is 0 Å². The monoisotopic (exact) mass is 328 g/mol. The van der Waals surface area contributed by atoms with E-state index in [2.05, 4.69) is 10.6 Å². The zero-order valence-electron chi connectivity index (χ0n) is 12.5. The van der Waals surface area contributed by atoms with Crippen molar-refractivity contribution in [1.29, 1.82) is 0 Å². The van der Waals surface area contributed by atoms with Gasteiger partial charge < -0.3 is 10.6 Å². The number of hydrogen-bond donors (Lipinski definition) is 2. The molecule has 0 unspecified atom stereocenters. The van der Waals surface area contributed by atoms with Crippen LogP contribution in [0.4, 0.5) is 5.69 Å². The van der Waals surface area contributed by atoms with Crippen molar-refractivity contribution in [2.24, 2.45) is 0 Å². The summed E-state index contributed by atoms with van der Waals surface area (Å²) in [5.41, 5.74) is 1.92. The second-order valence-corrected chi connectivity index (χ2v) is 6.05. The minimum absolute atomic E-state index is 0.102. The quantitative estimate of drug-likeness (QED) is 0.883. The maximum absolute atomic E-state index is 12.1. The van der Waals surface area contributed by atoms with E-state index in [4.69, 9.17) is 11.6 Å². The number of carbonyl (C=O) groups excluding carboxylic acids is 2. The number of halogens is 1. The zero-order chi connectivity index (χ0) is 16.2. The highest BCUT2D eigenvalue weighted by molar-refractivity contribution is 6.31. The van der Waals surface area contributed by atoms with E-state index in [0.29, 0.717) is 22.3 Å². The number of anilines is 1. The van der Waals surface area contributed by atoms with Crippen LogP contribution >= 0.6 is 11.6 Å². The Balaban J connectivity index is 1.64. The molecule has 3 rings (SSSR count). The fourth-order valence-corrected chi connectivity index (χ4v) is 2.46. The third-order valence-electron chi connectivity index (χ3n) is 3.63. The molecule has 0 spiro atoms. The smallest absolute Gasteiger partial charge is 0.251 e. The van der Waals surface area contributed by atoms with Gasteiger partial charge in [-0.25, -0.2) is 0 Å². The molecule has 0 heterocycles. The van der Waals surface area contributed by atoms with Crippen molar-refractivity contribution in [2.45, 2.75) is 25.3 Å². The molecule has 2 N–H and O–H groups in total. The molecule has 0 atom stereocenters. The molecule has 0 bridgehead atoms. The average molecular weight is 329 g/mol. The number of benzene rings is 2. The van der Waals surface area contributed by atoms with Gasteiger partial charge in [0.1, 0.15) is 0 Å². The van der Waals surface area contributed by atoms with Gasteiger partial charge in [0.25, 0.3) is 5.91 Å². The molecule has 0 radical (unpaired) electrons. The summed E-state index contributed by atoms with van der Waals surface area (Å²) in [6, 6.07) is 14.5. The molecular weight excluding hydrogens is 312 g/mol. The molecule has 1 aliphatic rings. The molecule has 0 saturated heterocycles. The molecular formula is C18H17ClN2O2. The molecule has 0 aliphatic heterocycles. The van der Waals surface area contributed by atoms with Crippen molar-refractivity contribution < 1.29 is 9.59 Å². The van der Waals surface area contributed by atoms with E-state index in [0.717, 1.165) is 18.4 Å². The first kappa shape index (κ1) is 15.6. The van der Waals surface area contributed by atoms with E-state index >= 15 is 0 Å². The molecule has 2 aromatic carbocycles.